The molecule has 0 fully saturated rings. The summed E-state index contributed by atoms with van der Waals surface area (Å²) in [6.45, 7) is 6.13. The Bertz CT molecular complexity index is 869. The molecule has 0 saturated carbocycles. The molecule has 0 unspecified atom stereocenters. The zero-order valence-corrected chi connectivity index (χ0v) is 15.7. The zero-order valence-electron chi connectivity index (χ0n) is 15.7. The van der Waals surface area contributed by atoms with Crippen LogP contribution in [0.3, 0.4) is 0 Å². The smallest absolute Gasteiger partial charge is 0.224 e. The fourth-order valence-electron chi connectivity index (χ4n) is 2.78. The third-order valence-corrected chi connectivity index (χ3v) is 4.44. The molecule has 0 bridgehead atoms. The lowest BCUT2D eigenvalue weighted by Crippen LogP contribution is -2.28. The van der Waals surface area contributed by atoms with Gasteiger partial charge in [-0.25, -0.2) is 0 Å². The molecule has 1 aromatic carbocycles. The average Bonchev–Trinajstić information content (AvgIpc) is 2.99. The van der Waals surface area contributed by atoms with Gasteiger partial charge < -0.3 is 14.6 Å². The van der Waals surface area contributed by atoms with Crippen LogP contribution in [0.5, 0.6) is 5.75 Å². The second kappa shape index (κ2) is 8.49. The van der Waals surface area contributed by atoms with Gasteiger partial charge in [-0.2, -0.15) is 0 Å². The van der Waals surface area contributed by atoms with E-state index >= 15 is 0 Å². The minimum absolute atomic E-state index is 0.0244. The van der Waals surface area contributed by atoms with Crippen molar-refractivity contribution >= 4 is 5.91 Å². The minimum Gasteiger partial charge on any atom is -0.489 e. The first kappa shape index (κ1) is 18.6. The van der Waals surface area contributed by atoms with E-state index in [0.29, 0.717) is 13.0 Å². The standard InChI is InChI=1S/C21H23N3O3/c1-14(18-8-10-22-11-9-18)23-21(25)12-17-4-6-19(7-5-17)26-13-20-15(2)24-27-16(20)3/h4-11,14H,12-13H2,1-3H3,(H,23,25)/t14-/m0/s1. The summed E-state index contributed by atoms with van der Waals surface area (Å²) in [4.78, 5) is 16.3. The predicted molar refractivity (Wildman–Crippen MR) is 101 cm³/mol. The number of rotatable bonds is 7. The van der Waals surface area contributed by atoms with Crippen molar-refractivity contribution in [1.29, 1.82) is 0 Å². The first-order valence-corrected chi connectivity index (χ1v) is 8.85. The number of aryl methyl sites for hydroxylation is 2. The number of carbonyl (C=O) groups excluding carboxylic acids is 1. The molecule has 3 aromatic rings. The highest BCUT2D eigenvalue weighted by Gasteiger charge is 2.11. The number of nitrogens with zero attached hydrogens (tertiary/aromatic N) is 2. The molecule has 0 aliphatic carbocycles. The van der Waals surface area contributed by atoms with Crippen molar-refractivity contribution in [3.05, 3.63) is 76.9 Å². The number of aromatic nitrogens is 2. The van der Waals surface area contributed by atoms with Crippen LogP contribution >= 0.6 is 0 Å². The highest BCUT2D eigenvalue weighted by Crippen LogP contribution is 2.18. The molecule has 6 heteroatoms. The van der Waals surface area contributed by atoms with E-state index in [0.717, 1.165) is 33.9 Å². The molecule has 0 radical (unpaired) electrons. The number of nitrogens with one attached hydrogen (secondary N) is 1. The molecule has 6 nitrogen and oxygen atoms in total. The van der Waals surface area contributed by atoms with E-state index in [-0.39, 0.29) is 11.9 Å². The van der Waals surface area contributed by atoms with Crippen LogP contribution in [0.2, 0.25) is 0 Å². The maximum Gasteiger partial charge on any atom is 0.224 e. The Morgan fingerprint density at radius 2 is 1.85 bits per heavy atom. The Kier molecular flexibility index (Phi) is 5.86. The van der Waals surface area contributed by atoms with Crippen LogP contribution < -0.4 is 10.1 Å². The van der Waals surface area contributed by atoms with Gasteiger partial charge in [0.1, 0.15) is 18.1 Å². The van der Waals surface area contributed by atoms with Crippen molar-refractivity contribution in [2.45, 2.75) is 39.8 Å². The largest absolute Gasteiger partial charge is 0.489 e. The van der Waals surface area contributed by atoms with Crippen LogP contribution in [-0.4, -0.2) is 16.0 Å². The fraction of sp³-hybridized carbons (Fsp3) is 0.286. The summed E-state index contributed by atoms with van der Waals surface area (Å²) in [5.74, 6) is 1.48. The van der Waals surface area contributed by atoms with Crippen molar-refractivity contribution in [2.75, 3.05) is 0 Å². The molecular formula is C21H23N3O3. The zero-order chi connectivity index (χ0) is 19.2. The Morgan fingerprint density at radius 3 is 2.48 bits per heavy atom. The summed E-state index contributed by atoms with van der Waals surface area (Å²) in [5.41, 5.74) is 3.76. The molecule has 0 aliphatic rings. The van der Waals surface area contributed by atoms with E-state index in [1.807, 2.05) is 57.2 Å². The maximum atomic E-state index is 12.3. The molecule has 27 heavy (non-hydrogen) atoms. The van der Waals surface area contributed by atoms with Gasteiger partial charge in [-0.15, -0.1) is 0 Å². The summed E-state index contributed by atoms with van der Waals surface area (Å²) in [5, 5.41) is 6.92. The van der Waals surface area contributed by atoms with E-state index in [9.17, 15) is 4.79 Å². The first-order chi connectivity index (χ1) is 13.0. The van der Waals surface area contributed by atoms with Gasteiger partial charge in [0.2, 0.25) is 5.91 Å². The van der Waals surface area contributed by atoms with Crippen LogP contribution in [0.4, 0.5) is 0 Å². The summed E-state index contributed by atoms with van der Waals surface area (Å²) >= 11 is 0. The summed E-state index contributed by atoms with van der Waals surface area (Å²) < 4.78 is 10.9. The predicted octanol–water partition coefficient (Wildman–Crippen LogP) is 3.69. The lowest BCUT2D eigenvalue weighted by atomic mass is 10.1. The highest BCUT2D eigenvalue weighted by atomic mass is 16.5. The van der Waals surface area contributed by atoms with Crippen LogP contribution in [0.25, 0.3) is 0 Å². The number of benzene rings is 1. The normalized spacial score (nSPS) is 11.8. The molecule has 0 saturated heterocycles. The lowest BCUT2D eigenvalue weighted by Gasteiger charge is -2.14. The Hall–Kier alpha value is -3.15. The lowest BCUT2D eigenvalue weighted by molar-refractivity contribution is -0.121. The van der Waals surface area contributed by atoms with Crippen molar-refractivity contribution in [3.63, 3.8) is 0 Å². The van der Waals surface area contributed by atoms with Crippen LogP contribution in [0, 0.1) is 13.8 Å². The van der Waals surface area contributed by atoms with Crippen molar-refractivity contribution in [1.82, 2.24) is 15.5 Å². The average molecular weight is 365 g/mol. The molecule has 1 atom stereocenters. The SMILES string of the molecule is Cc1noc(C)c1COc1ccc(CC(=O)N[C@@H](C)c2ccncc2)cc1. The van der Waals surface area contributed by atoms with E-state index in [1.165, 1.54) is 0 Å². The van der Waals surface area contributed by atoms with Gasteiger partial charge >= 0.3 is 0 Å². The number of amides is 1. The fourth-order valence-corrected chi connectivity index (χ4v) is 2.78. The van der Waals surface area contributed by atoms with Gasteiger partial charge in [0, 0.05) is 12.4 Å². The summed E-state index contributed by atoms with van der Waals surface area (Å²) in [6, 6.07) is 11.3. The number of carbonyl (C=O) groups is 1. The molecule has 1 amide bonds. The Morgan fingerprint density at radius 1 is 1.15 bits per heavy atom. The van der Waals surface area contributed by atoms with Crippen LogP contribution in [0.1, 0.15) is 41.1 Å². The second-order valence-corrected chi connectivity index (χ2v) is 6.48. The highest BCUT2D eigenvalue weighted by molar-refractivity contribution is 5.79. The van der Waals surface area contributed by atoms with Crippen molar-refractivity contribution in [2.24, 2.45) is 0 Å². The molecule has 140 valence electrons. The number of pyridine rings is 1. The monoisotopic (exact) mass is 365 g/mol. The molecule has 3 rings (SSSR count). The van der Waals surface area contributed by atoms with E-state index < -0.39 is 0 Å². The van der Waals surface area contributed by atoms with Crippen molar-refractivity contribution in [3.8, 4) is 5.75 Å². The van der Waals surface area contributed by atoms with E-state index in [2.05, 4.69) is 15.5 Å². The van der Waals surface area contributed by atoms with E-state index in [4.69, 9.17) is 9.26 Å². The summed E-state index contributed by atoms with van der Waals surface area (Å²) in [6.07, 6.45) is 3.76. The van der Waals surface area contributed by atoms with Gasteiger partial charge in [-0.3, -0.25) is 9.78 Å². The molecule has 0 spiro atoms. The van der Waals surface area contributed by atoms with Gasteiger partial charge in [0.05, 0.1) is 23.7 Å². The van der Waals surface area contributed by atoms with Crippen LogP contribution in [-0.2, 0) is 17.8 Å². The van der Waals surface area contributed by atoms with Gasteiger partial charge in [0.25, 0.3) is 0 Å². The topological polar surface area (TPSA) is 77.2 Å². The molecular weight excluding hydrogens is 342 g/mol. The molecule has 1 N–H and O–H groups in total. The molecule has 2 heterocycles. The number of hydrogen-bond acceptors (Lipinski definition) is 5. The minimum atomic E-state index is -0.0573. The number of hydrogen-bond donors (Lipinski definition) is 1. The van der Waals surface area contributed by atoms with Crippen molar-refractivity contribution < 1.29 is 14.1 Å². The second-order valence-electron chi connectivity index (χ2n) is 6.48. The summed E-state index contributed by atoms with van der Waals surface area (Å²) in [7, 11) is 0. The first-order valence-electron chi connectivity index (χ1n) is 8.85. The van der Waals surface area contributed by atoms with Gasteiger partial charge in [-0.05, 0) is 56.2 Å². The Balaban J connectivity index is 1.52. The third kappa shape index (κ3) is 4.94. The van der Waals surface area contributed by atoms with Gasteiger partial charge in [-0.1, -0.05) is 17.3 Å². The third-order valence-electron chi connectivity index (χ3n) is 4.44. The van der Waals surface area contributed by atoms with Gasteiger partial charge in [0.15, 0.2) is 0 Å². The molecule has 0 aliphatic heterocycles. The number of ether oxygens (including phenoxy) is 1. The molecule has 2 aromatic heterocycles. The Labute approximate surface area is 158 Å². The maximum absolute atomic E-state index is 12.3. The van der Waals surface area contributed by atoms with Crippen LogP contribution in [0.15, 0.2) is 53.3 Å². The quantitative estimate of drug-likeness (QED) is 0.691. The van der Waals surface area contributed by atoms with E-state index in [1.54, 1.807) is 12.4 Å².